The Morgan fingerprint density at radius 2 is 1.84 bits per heavy atom. The Bertz CT molecular complexity index is 1990. The van der Waals surface area contributed by atoms with E-state index in [1.807, 2.05) is 0 Å². The molecule has 5 heterocycles. The fourth-order valence-electron chi connectivity index (χ4n) is 6.15. The Labute approximate surface area is 293 Å². The number of hydrogen-bond acceptors (Lipinski definition) is 10. The summed E-state index contributed by atoms with van der Waals surface area (Å²) >= 11 is 5.99. The monoisotopic (exact) mass is 731 g/mol. The van der Waals surface area contributed by atoms with E-state index in [2.05, 4.69) is 20.2 Å². The second-order valence-corrected chi connectivity index (χ2v) is 12.6. The summed E-state index contributed by atoms with van der Waals surface area (Å²) in [6.45, 7) is -0.814. The SMILES string of the molecule is COCC1CCCN1C(=O)c1cccnc1-n1nc(Cn2nc(-c3ccc(Cl)cc3)n(C[C@H](O)C(F)(F)F)c2=O)nc1C(=O)N1CCCC(=O)C1. The van der Waals surface area contributed by atoms with Gasteiger partial charge in [0, 0.05) is 43.4 Å². The number of halogens is 4. The van der Waals surface area contributed by atoms with Gasteiger partial charge in [0.15, 0.2) is 29.4 Å². The standard InChI is InChI=1S/C32H33ClF3N9O6/c1-51-18-21-5-3-14-42(21)29(48)23-7-2-12-37-27(23)45-28(30(49)41-13-4-6-22(46)15-41)38-25(39-45)17-44-31(50)43(16-24(47)32(34,35)36)26(40-44)19-8-10-20(33)11-9-19/h2,7-12,21,24,47H,3-6,13-18H2,1H3/t21?,24-/m0/s1. The molecular formula is C32H33ClF3N9O6. The van der Waals surface area contributed by atoms with Crippen LogP contribution in [0.25, 0.3) is 17.2 Å². The van der Waals surface area contributed by atoms with Crippen LogP contribution in [0.4, 0.5) is 13.2 Å². The van der Waals surface area contributed by atoms with Crippen LogP contribution < -0.4 is 5.69 Å². The molecule has 0 radical (unpaired) electrons. The average molecular weight is 732 g/mol. The first-order valence-electron chi connectivity index (χ1n) is 16.1. The number of ether oxygens (including phenoxy) is 1. The summed E-state index contributed by atoms with van der Waals surface area (Å²) in [7, 11) is 1.54. The third-order valence-electron chi connectivity index (χ3n) is 8.64. The molecule has 270 valence electrons. The second kappa shape index (κ2) is 14.7. The Morgan fingerprint density at radius 1 is 1.08 bits per heavy atom. The van der Waals surface area contributed by atoms with Crippen molar-refractivity contribution >= 4 is 29.2 Å². The molecule has 6 rings (SSSR count). The summed E-state index contributed by atoms with van der Waals surface area (Å²) < 4.78 is 48.0. The number of aromatic nitrogens is 7. The number of pyridine rings is 1. The maximum Gasteiger partial charge on any atom is 0.416 e. The van der Waals surface area contributed by atoms with Gasteiger partial charge in [-0.2, -0.15) is 17.9 Å². The summed E-state index contributed by atoms with van der Waals surface area (Å²) in [5, 5.41) is 18.9. The quantitative estimate of drug-likeness (QED) is 0.256. The van der Waals surface area contributed by atoms with Crippen LogP contribution in [0.1, 0.15) is 52.5 Å². The minimum Gasteiger partial charge on any atom is -0.383 e. The Kier molecular flexibility index (Phi) is 10.4. The topological polar surface area (TPSA) is 171 Å². The molecule has 4 aromatic rings. The third-order valence-corrected chi connectivity index (χ3v) is 8.90. The second-order valence-electron chi connectivity index (χ2n) is 12.2. The van der Waals surface area contributed by atoms with E-state index in [4.69, 9.17) is 16.3 Å². The molecule has 2 aliphatic rings. The number of aliphatic hydroxyl groups excluding tert-OH is 1. The van der Waals surface area contributed by atoms with Crippen molar-refractivity contribution < 1.29 is 37.4 Å². The lowest BCUT2D eigenvalue weighted by atomic mass is 10.1. The van der Waals surface area contributed by atoms with Crippen LogP contribution in [0.5, 0.6) is 0 Å². The lowest BCUT2D eigenvalue weighted by molar-refractivity contribution is -0.207. The first kappa shape index (κ1) is 35.9. The van der Waals surface area contributed by atoms with Gasteiger partial charge in [-0.15, -0.1) is 10.2 Å². The molecule has 0 aliphatic carbocycles. The molecule has 19 heteroatoms. The number of benzene rings is 1. The number of carbonyl (C=O) groups excluding carboxylic acids is 3. The predicted octanol–water partition coefficient (Wildman–Crippen LogP) is 2.37. The van der Waals surface area contributed by atoms with E-state index in [9.17, 15) is 37.5 Å². The summed E-state index contributed by atoms with van der Waals surface area (Å²) in [5.74, 6) is -1.93. The van der Waals surface area contributed by atoms with Crippen molar-refractivity contribution in [2.24, 2.45) is 0 Å². The smallest absolute Gasteiger partial charge is 0.383 e. The molecule has 0 spiro atoms. The molecule has 2 atom stereocenters. The number of rotatable bonds is 10. The molecule has 2 saturated heterocycles. The van der Waals surface area contributed by atoms with Crippen LogP contribution in [0.3, 0.4) is 0 Å². The maximum absolute atomic E-state index is 13.9. The highest BCUT2D eigenvalue weighted by molar-refractivity contribution is 6.30. The molecule has 1 N–H and O–H groups in total. The van der Waals surface area contributed by atoms with E-state index < -0.39 is 37.0 Å². The highest BCUT2D eigenvalue weighted by Gasteiger charge is 2.40. The number of Topliss-reactive ketones (excluding diaryl/α,β-unsaturated/α-hetero) is 1. The number of nitrogens with zero attached hydrogens (tertiary/aromatic N) is 9. The van der Waals surface area contributed by atoms with Gasteiger partial charge < -0.3 is 19.6 Å². The normalized spacial score (nSPS) is 17.3. The predicted molar refractivity (Wildman–Crippen MR) is 173 cm³/mol. The van der Waals surface area contributed by atoms with E-state index in [0.29, 0.717) is 35.6 Å². The summed E-state index contributed by atoms with van der Waals surface area (Å²) in [6.07, 6.45) is -4.28. The number of amides is 2. The van der Waals surface area contributed by atoms with Crippen molar-refractivity contribution in [3.63, 3.8) is 0 Å². The highest BCUT2D eigenvalue weighted by atomic mass is 35.5. The van der Waals surface area contributed by atoms with Gasteiger partial charge in [0.1, 0.15) is 6.54 Å². The number of methoxy groups -OCH3 is 1. The average Bonchev–Trinajstić information content (AvgIpc) is 3.82. The summed E-state index contributed by atoms with van der Waals surface area (Å²) in [4.78, 5) is 65.4. The van der Waals surface area contributed by atoms with Crippen molar-refractivity contribution in [2.75, 3.05) is 33.4 Å². The fraction of sp³-hybridized carbons (Fsp3) is 0.438. The van der Waals surface area contributed by atoms with Crippen molar-refractivity contribution in [3.05, 3.63) is 75.3 Å². The zero-order valence-electron chi connectivity index (χ0n) is 27.3. The molecule has 0 saturated carbocycles. The number of ketones is 1. The molecule has 51 heavy (non-hydrogen) atoms. The maximum atomic E-state index is 13.9. The molecule has 1 aromatic carbocycles. The minimum atomic E-state index is -5.03. The van der Waals surface area contributed by atoms with E-state index in [1.165, 1.54) is 41.4 Å². The van der Waals surface area contributed by atoms with Gasteiger partial charge in [0.2, 0.25) is 5.82 Å². The van der Waals surface area contributed by atoms with Crippen LogP contribution in [-0.2, 0) is 22.6 Å². The Morgan fingerprint density at radius 3 is 2.55 bits per heavy atom. The number of likely N-dealkylation sites (tertiary alicyclic amines) is 2. The third kappa shape index (κ3) is 7.57. The van der Waals surface area contributed by atoms with Gasteiger partial charge in [-0.05, 0) is 55.7 Å². The van der Waals surface area contributed by atoms with Crippen LogP contribution >= 0.6 is 11.6 Å². The number of piperidine rings is 1. The van der Waals surface area contributed by atoms with Crippen LogP contribution in [0, 0.1) is 0 Å². The van der Waals surface area contributed by atoms with Crippen molar-refractivity contribution in [3.8, 4) is 17.2 Å². The zero-order valence-corrected chi connectivity index (χ0v) is 28.0. The molecular weight excluding hydrogens is 699 g/mol. The number of carbonyl (C=O) groups is 3. The van der Waals surface area contributed by atoms with Gasteiger partial charge in [0.25, 0.3) is 11.8 Å². The van der Waals surface area contributed by atoms with Gasteiger partial charge in [-0.1, -0.05) is 11.6 Å². The van der Waals surface area contributed by atoms with Gasteiger partial charge >= 0.3 is 11.9 Å². The first-order chi connectivity index (χ1) is 24.3. The van der Waals surface area contributed by atoms with Gasteiger partial charge in [-0.3, -0.25) is 19.0 Å². The number of aliphatic hydroxyl groups is 1. The number of hydrogen-bond donors (Lipinski definition) is 1. The molecule has 0 bridgehead atoms. The molecule has 15 nitrogen and oxygen atoms in total. The Balaban J connectivity index is 1.43. The molecule has 2 aliphatic heterocycles. The number of alkyl halides is 3. The molecule has 1 unspecified atom stereocenters. The summed E-state index contributed by atoms with van der Waals surface area (Å²) in [5.41, 5.74) is -0.687. The van der Waals surface area contributed by atoms with Crippen LogP contribution in [-0.4, -0.2) is 118 Å². The highest BCUT2D eigenvalue weighted by Crippen LogP contribution is 2.26. The molecule has 2 fully saturated rings. The Hall–Kier alpha value is -4.94. The van der Waals surface area contributed by atoms with Crippen LogP contribution in [0.2, 0.25) is 5.02 Å². The van der Waals surface area contributed by atoms with Crippen molar-refractivity contribution in [1.82, 2.24) is 43.9 Å². The lowest BCUT2D eigenvalue weighted by Crippen LogP contribution is -2.41. The fourth-order valence-corrected chi connectivity index (χ4v) is 6.27. The van der Waals surface area contributed by atoms with Crippen molar-refractivity contribution in [1.29, 1.82) is 0 Å². The van der Waals surface area contributed by atoms with Gasteiger partial charge in [0.05, 0.1) is 31.3 Å². The van der Waals surface area contributed by atoms with E-state index >= 15 is 0 Å². The van der Waals surface area contributed by atoms with Crippen molar-refractivity contribution in [2.45, 2.75) is 57.1 Å². The van der Waals surface area contributed by atoms with E-state index in [1.54, 1.807) is 18.1 Å². The molecule has 2 amide bonds. The first-order valence-corrected chi connectivity index (χ1v) is 16.4. The summed E-state index contributed by atoms with van der Waals surface area (Å²) in [6, 6.07) is 8.72. The van der Waals surface area contributed by atoms with E-state index in [-0.39, 0.29) is 65.2 Å². The largest absolute Gasteiger partial charge is 0.416 e. The van der Waals surface area contributed by atoms with Gasteiger partial charge in [-0.25, -0.2) is 19.4 Å². The minimum absolute atomic E-state index is 0.0379. The van der Waals surface area contributed by atoms with E-state index in [0.717, 1.165) is 22.2 Å². The van der Waals surface area contributed by atoms with Crippen LogP contribution in [0.15, 0.2) is 47.4 Å². The lowest BCUT2D eigenvalue weighted by Gasteiger charge is -2.26. The zero-order chi connectivity index (χ0) is 36.4. The molecule has 3 aromatic heterocycles.